The van der Waals surface area contributed by atoms with E-state index in [-0.39, 0.29) is 18.1 Å². The fourth-order valence-electron chi connectivity index (χ4n) is 3.43. The van der Waals surface area contributed by atoms with Crippen molar-refractivity contribution in [2.75, 3.05) is 60.7 Å². The molecule has 2 aliphatic rings. The minimum Gasteiger partial charge on any atom is -0.493 e. The summed E-state index contributed by atoms with van der Waals surface area (Å²) in [5.74, 6) is 1.20. The van der Waals surface area contributed by atoms with Crippen LogP contribution in [-0.2, 0) is 9.47 Å². The Balaban J connectivity index is 1.62. The van der Waals surface area contributed by atoms with Gasteiger partial charge in [0.1, 0.15) is 6.10 Å². The van der Waals surface area contributed by atoms with Crippen molar-refractivity contribution in [2.24, 2.45) is 0 Å². The molecule has 3 rings (SSSR count). The van der Waals surface area contributed by atoms with Crippen LogP contribution in [0.15, 0.2) is 18.2 Å². The number of ether oxygens (including phenoxy) is 4. The van der Waals surface area contributed by atoms with Gasteiger partial charge in [-0.25, -0.2) is 0 Å². The van der Waals surface area contributed by atoms with E-state index in [1.54, 1.807) is 31.2 Å². The highest BCUT2D eigenvalue weighted by atomic mass is 16.6. The molecule has 1 amide bonds. The van der Waals surface area contributed by atoms with Gasteiger partial charge in [0, 0.05) is 32.2 Å². The maximum absolute atomic E-state index is 12.8. The first-order valence-electron chi connectivity index (χ1n) is 9.55. The number of amides is 1. The van der Waals surface area contributed by atoms with Gasteiger partial charge in [0.15, 0.2) is 11.5 Å². The van der Waals surface area contributed by atoms with E-state index in [4.69, 9.17) is 18.9 Å². The monoisotopic (exact) mass is 378 g/mol. The molecule has 2 fully saturated rings. The molecule has 7 nitrogen and oxygen atoms in total. The number of methoxy groups -OCH3 is 1. The minimum atomic E-state index is -0.0818. The lowest BCUT2D eigenvalue weighted by Gasteiger charge is -2.30. The molecule has 0 aromatic heterocycles. The standard InChI is InChI=1S/C20H30N2O5/c1-21-8-6-16(7-9-21)27-18-5-4-15(12-19(18)24-3)20(23)22(2)13-17-14-25-10-11-26-17/h4-5,12,16-17H,6-11,13-14H2,1-3H3/t17-/m0/s1. The molecule has 0 bridgehead atoms. The van der Waals surface area contributed by atoms with E-state index >= 15 is 0 Å². The molecule has 0 aliphatic carbocycles. The van der Waals surface area contributed by atoms with Gasteiger partial charge in [0.25, 0.3) is 5.91 Å². The zero-order chi connectivity index (χ0) is 19.2. The Labute approximate surface area is 161 Å². The number of likely N-dealkylation sites (N-methyl/N-ethyl adjacent to an activating group) is 1. The fourth-order valence-corrected chi connectivity index (χ4v) is 3.43. The smallest absolute Gasteiger partial charge is 0.253 e. The molecule has 0 N–H and O–H groups in total. The van der Waals surface area contributed by atoms with Crippen LogP contribution in [0.4, 0.5) is 0 Å². The molecule has 0 unspecified atom stereocenters. The van der Waals surface area contributed by atoms with Crippen molar-refractivity contribution in [3.63, 3.8) is 0 Å². The predicted molar refractivity (Wildman–Crippen MR) is 102 cm³/mol. The summed E-state index contributed by atoms with van der Waals surface area (Å²) in [5, 5.41) is 0. The van der Waals surface area contributed by atoms with Crippen molar-refractivity contribution >= 4 is 5.91 Å². The zero-order valence-corrected chi connectivity index (χ0v) is 16.5. The van der Waals surface area contributed by atoms with Gasteiger partial charge < -0.3 is 28.7 Å². The van der Waals surface area contributed by atoms with E-state index in [0.29, 0.717) is 43.4 Å². The molecule has 1 aromatic carbocycles. The van der Waals surface area contributed by atoms with Crippen molar-refractivity contribution in [1.29, 1.82) is 0 Å². The number of carbonyl (C=O) groups is 1. The van der Waals surface area contributed by atoms with E-state index in [9.17, 15) is 4.79 Å². The molecule has 0 spiro atoms. The Hall–Kier alpha value is -1.83. The number of benzene rings is 1. The third-order valence-electron chi connectivity index (χ3n) is 5.08. The summed E-state index contributed by atoms with van der Waals surface area (Å²) >= 11 is 0. The molecule has 1 atom stereocenters. The summed E-state index contributed by atoms with van der Waals surface area (Å²) in [4.78, 5) is 16.7. The van der Waals surface area contributed by atoms with Crippen LogP contribution in [0.2, 0.25) is 0 Å². The SMILES string of the molecule is COc1cc(C(=O)N(C)C[C@H]2COCCO2)ccc1OC1CCN(C)CC1. The molecule has 2 heterocycles. The van der Waals surface area contributed by atoms with Crippen molar-refractivity contribution in [3.05, 3.63) is 23.8 Å². The number of hydrogen-bond donors (Lipinski definition) is 0. The van der Waals surface area contributed by atoms with Crippen molar-refractivity contribution in [3.8, 4) is 11.5 Å². The summed E-state index contributed by atoms with van der Waals surface area (Å²) in [6.07, 6.45) is 2.09. The number of hydrogen-bond acceptors (Lipinski definition) is 6. The van der Waals surface area contributed by atoms with Crippen LogP contribution >= 0.6 is 0 Å². The average molecular weight is 378 g/mol. The lowest BCUT2D eigenvalue weighted by Crippen LogP contribution is -2.40. The molecule has 0 radical (unpaired) electrons. The number of piperidine rings is 1. The highest BCUT2D eigenvalue weighted by Gasteiger charge is 2.23. The van der Waals surface area contributed by atoms with Crippen LogP contribution in [0.1, 0.15) is 23.2 Å². The Morgan fingerprint density at radius 3 is 2.70 bits per heavy atom. The van der Waals surface area contributed by atoms with E-state index in [1.165, 1.54) is 0 Å². The first kappa shape index (κ1) is 19.9. The molecule has 150 valence electrons. The van der Waals surface area contributed by atoms with Crippen LogP contribution in [0.3, 0.4) is 0 Å². The van der Waals surface area contributed by atoms with Gasteiger partial charge >= 0.3 is 0 Å². The molecule has 2 aliphatic heterocycles. The van der Waals surface area contributed by atoms with Crippen LogP contribution in [0.5, 0.6) is 11.5 Å². The van der Waals surface area contributed by atoms with Gasteiger partial charge in [-0.3, -0.25) is 4.79 Å². The van der Waals surface area contributed by atoms with E-state index < -0.39 is 0 Å². The maximum Gasteiger partial charge on any atom is 0.253 e. The lowest BCUT2D eigenvalue weighted by molar-refractivity contribution is -0.0933. The first-order valence-corrected chi connectivity index (χ1v) is 9.55. The quantitative estimate of drug-likeness (QED) is 0.750. The van der Waals surface area contributed by atoms with Crippen molar-refractivity contribution in [2.45, 2.75) is 25.0 Å². The van der Waals surface area contributed by atoms with Crippen LogP contribution in [-0.4, -0.2) is 88.6 Å². The molecule has 2 saturated heterocycles. The van der Waals surface area contributed by atoms with Crippen LogP contribution in [0.25, 0.3) is 0 Å². The Kier molecular flexibility index (Phi) is 6.93. The van der Waals surface area contributed by atoms with E-state index in [2.05, 4.69) is 11.9 Å². The average Bonchev–Trinajstić information content (AvgIpc) is 2.70. The Bertz CT molecular complexity index is 625. The third kappa shape index (κ3) is 5.34. The molecule has 27 heavy (non-hydrogen) atoms. The first-order chi connectivity index (χ1) is 13.1. The highest BCUT2D eigenvalue weighted by Crippen LogP contribution is 2.31. The second-order valence-corrected chi connectivity index (χ2v) is 7.24. The Morgan fingerprint density at radius 1 is 1.26 bits per heavy atom. The topological polar surface area (TPSA) is 60.5 Å². The second-order valence-electron chi connectivity index (χ2n) is 7.24. The molecular weight excluding hydrogens is 348 g/mol. The summed E-state index contributed by atoms with van der Waals surface area (Å²) in [6, 6.07) is 5.38. The summed E-state index contributed by atoms with van der Waals surface area (Å²) in [5.41, 5.74) is 0.571. The number of nitrogens with zero attached hydrogens (tertiary/aromatic N) is 2. The third-order valence-corrected chi connectivity index (χ3v) is 5.08. The van der Waals surface area contributed by atoms with Crippen LogP contribution in [0, 0.1) is 0 Å². The fraction of sp³-hybridized carbons (Fsp3) is 0.650. The van der Waals surface area contributed by atoms with Crippen molar-refractivity contribution < 1.29 is 23.7 Å². The lowest BCUT2D eigenvalue weighted by atomic mass is 10.1. The molecular formula is C20H30N2O5. The second kappa shape index (κ2) is 9.39. The molecule has 1 aromatic rings. The predicted octanol–water partition coefficient (Wildman–Crippen LogP) is 1.66. The largest absolute Gasteiger partial charge is 0.493 e. The van der Waals surface area contributed by atoms with Gasteiger partial charge in [0.05, 0.1) is 33.0 Å². The normalized spacial score (nSPS) is 21.7. The van der Waals surface area contributed by atoms with E-state index in [1.807, 2.05) is 6.07 Å². The molecule has 0 saturated carbocycles. The maximum atomic E-state index is 12.8. The van der Waals surface area contributed by atoms with Gasteiger partial charge in [-0.1, -0.05) is 0 Å². The van der Waals surface area contributed by atoms with Gasteiger partial charge in [-0.2, -0.15) is 0 Å². The minimum absolute atomic E-state index is 0.0756. The van der Waals surface area contributed by atoms with Crippen molar-refractivity contribution in [1.82, 2.24) is 9.80 Å². The van der Waals surface area contributed by atoms with Gasteiger partial charge in [-0.15, -0.1) is 0 Å². The summed E-state index contributed by atoms with van der Waals surface area (Å²) < 4.78 is 22.6. The summed E-state index contributed by atoms with van der Waals surface area (Å²) in [7, 11) is 5.50. The number of rotatable bonds is 6. The van der Waals surface area contributed by atoms with Crippen LogP contribution < -0.4 is 9.47 Å². The zero-order valence-electron chi connectivity index (χ0n) is 16.5. The Morgan fingerprint density at radius 2 is 2.04 bits per heavy atom. The van der Waals surface area contributed by atoms with Gasteiger partial charge in [0.2, 0.25) is 0 Å². The highest BCUT2D eigenvalue weighted by molar-refractivity contribution is 5.94. The van der Waals surface area contributed by atoms with E-state index in [0.717, 1.165) is 25.9 Å². The number of carbonyl (C=O) groups excluding carboxylic acids is 1. The summed E-state index contributed by atoms with van der Waals surface area (Å²) in [6.45, 7) is 4.26. The molecule has 7 heteroatoms. The van der Waals surface area contributed by atoms with Gasteiger partial charge in [-0.05, 0) is 38.1 Å². The number of likely N-dealkylation sites (tertiary alicyclic amines) is 1.